The monoisotopic (exact) mass is 325 g/mol. The number of amides is 1. The van der Waals surface area contributed by atoms with Gasteiger partial charge in [-0.1, -0.05) is 18.2 Å². The van der Waals surface area contributed by atoms with Gasteiger partial charge in [0.25, 0.3) is 5.91 Å². The Balaban J connectivity index is 1.52. The molecule has 0 spiro atoms. The average molecular weight is 325 g/mol. The van der Waals surface area contributed by atoms with Crippen LogP contribution in [0.5, 0.6) is 0 Å². The second-order valence-electron chi connectivity index (χ2n) is 6.91. The van der Waals surface area contributed by atoms with E-state index in [0.29, 0.717) is 19.7 Å². The maximum absolute atomic E-state index is 12.8. The molecule has 2 aromatic rings. The van der Waals surface area contributed by atoms with Gasteiger partial charge in [0.1, 0.15) is 0 Å². The highest BCUT2D eigenvalue weighted by atomic mass is 16.5. The molecule has 1 amide bonds. The molecule has 5 nitrogen and oxygen atoms in total. The van der Waals surface area contributed by atoms with Crippen molar-refractivity contribution in [1.29, 1.82) is 0 Å². The number of nitrogens with zero attached hydrogens (tertiary/aromatic N) is 3. The van der Waals surface area contributed by atoms with Crippen molar-refractivity contribution in [2.24, 2.45) is 13.0 Å². The summed E-state index contributed by atoms with van der Waals surface area (Å²) in [4.78, 5) is 14.7. The number of hydrogen-bond acceptors (Lipinski definition) is 3. The highest BCUT2D eigenvalue weighted by Crippen LogP contribution is 2.32. The van der Waals surface area contributed by atoms with Crippen LogP contribution >= 0.6 is 0 Å². The summed E-state index contributed by atoms with van der Waals surface area (Å²) in [6.07, 6.45) is 4.47. The fourth-order valence-electron chi connectivity index (χ4n) is 3.47. The summed E-state index contributed by atoms with van der Waals surface area (Å²) in [5, 5.41) is 4.39. The smallest absolute Gasteiger partial charge is 0.254 e. The summed E-state index contributed by atoms with van der Waals surface area (Å²) in [6.45, 7) is 2.80. The lowest BCUT2D eigenvalue weighted by atomic mass is 9.96. The van der Waals surface area contributed by atoms with Crippen molar-refractivity contribution in [3.05, 3.63) is 53.3 Å². The number of ether oxygens (including phenoxy) is 1. The van der Waals surface area contributed by atoms with Crippen LogP contribution in [0.2, 0.25) is 0 Å². The number of aromatic nitrogens is 2. The van der Waals surface area contributed by atoms with E-state index in [9.17, 15) is 4.79 Å². The van der Waals surface area contributed by atoms with E-state index in [1.54, 1.807) is 0 Å². The second kappa shape index (κ2) is 6.40. The molecule has 2 heterocycles. The number of fused-ring (bicyclic) bond motifs is 1. The van der Waals surface area contributed by atoms with E-state index in [-0.39, 0.29) is 11.8 Å². The molecule has 1 aliphatic heterocycles. The Morgan fingerprint density at radius 3 is 2.79 bits per heavy atom. The normalized spacial score (nSPS) is 20.0. The van der Waals surface area contributed by atoms with Gasteiger partial charge in [-0.05, 0) is 30.9 Å². The third-order valence-corrected chi connectivity index (χ3v) is 4.93. The Labute approximate surface area is 142 Å². The molecule has 1 unspecified atom stereocenters. The number of benzene rings is 1. The Hall–Kier alpha value is -2.14. The molecule has 1 aromatic carbocycles. The number of carbonyl (C=O) groups is 1. The van der Waals surface area contributed by atoms with Crippen LogP contribution in [0.1, 0.15) is 40.4 Å². The summed E-state index contributed by atoms with van der Waals surface area (Å²) in [6, 6.07) is 9.49. The van der Waals surface area contributed by atoms with Gasteiger partial charge in [0.05, 0.1) is 18.5 Å². The van der Waals surface area contributed by atoms with Crippen molar-refractivity contribution in [1.82, 2.24) is 14.7 Å². The molecule has 0 bridgehead atoms. The van der Waals surface area contributed by atoms with Gasteiger partial charge in [0.2, 0.25) is 0 Å². The van der Waals surface area contributed by atoms with Crippen LogP contribution in [0, 0.1) is 5.92 Å². The van der Waals surface area contributed by atoms with Gasteiger partial charge >= 0.3 is 0 Å². The van der Waals surface area contributed by atoms with Crippen LogP contribution in [-0.4, -0.2) is 40.3 Å². The Morgan fingerprint density at radius 1 is 1.25 bits per heavy atom. The fourth-order valence-corrected chi connectivity index (χ4v) is 3.47. The van der Waals surface area contributed by atoms with E-state index in [2.05, 4.69) is 5.10 Å². The van der Waals surface area contributed by atoms with E-state index in [1.165, 1.54) is 18.5 Å². The SMILES string of the molecule is Cn1ncc2c1C(COCC1CC1)CN(C(=O)c1ccccc1)C2. The molecule has 1 fully saturated rings. The van der Waals surface area contributed by atoms with Crippen LogP contribution in [0.25, 0.3) is 0 Å². The van der Waals surface area contributed by atoms with Crippen LogP contribution in [0.15, 0.2) is 36.5 Å². The quantitative estimate of drug-likeness (QED) is 0.849. The first-order valence-corrected chi connectivity index (χ1v) is 8.65. The molecule has 1 atom stereocenters. The van der Waals surface area contributed by atoms with Crippen molar-refractivity contribution >= 4 is 5.91 Å². The van der Waals surface area contributed by atoms with E-state index in [4.69, 9.17) is 4.74 Å². The summed E-state index contributed by atoms with van der Waals surface area (Å²) in [5.74, 6) is 1.02. The van der Waals surface area contributed by atoms with Gasteiger partial charge in [0, 0.05) is 43.8 Å². The molecule has 5 heteroatoms. The van der Waals surface area contributed by atoms with Crippen molar-refractivity contribution < 1.29 is 9.53 Å². The minimum absolute atomic E-state index is 0.0808. The standard InChI is InChI=1S/C19H23N3O2/c1-21-18-16(9-20-21)10-22(19(23)15-5-3-2-4-6-15)11-17(18)13-24-12-14-7-8-14/h2-6,9,14,17H,7-8,10-13H2,1H3. The predicted molar refractivity (Wildman–Crippen MR) is 90.7 cm³/mol. The first-order chi connectivity index (χ1) is 11.7. The summed E-state index contributed by atoms with van der Waals surface area (Å²) in [7, 11) is 1.97. The number of carbonyl (C=O) groups excluding carboxylic acids is 1. The molecular weight excluding hydrogens is 302 g/mol. The van der Waals surface area contributed by atoms with Crippen LogP contribution in [0.3, 0.4) is 0 Å². The minimum Gasteiger partial charge on any atom is -0.380 e. The maximum atomic E-state index is 12.8. The van der Waals surface area contributed by atoms with Crippen molar-refractivity contribution in [2.75, 3.05) is 19.8 Å². The Kier molecular flexibility index (Phi) is 4.10. The average Bonchev–Trinajstić information content (AvgIpc) is 3.36. The van der Waals surface area contributed by atoms with E-state index in [0.717, 1.165) is 23.7 Å². The zero-order valence-electron chi connectivity index (χ0n) is 14.0. The zero-order chi connectivity index (χ0) is 16.5. The third kappa shape index (κ3) is 3.08. The van der Waals surface area contributed by atoms with Gasteiger partial charge in [-0.2, -0.15) is 5.10 Å². The maximum Gasteiger partial charge on any atom is 0.254 e. The number of aryl methyl sites for hydroxylation is 1. The van der Waals surface area contributed by atoms with Crippen LogP contribution in [0.4, 0.5) is 0 Å². The van der Waals surface area contributed by atoms with Crippen molar-refractivity contribution in [2.45, 2.75) is 25.3 Å². The van der Waals surface area contributed by atoms with Crippen LogP contribution < -0.4 is 0 Å². The van der Waals surface area contributed by atoms with Gasteiger partial charge in [-0.3, -0.25) is 9.48 Å². The third-order valence-electron chi connectivity index (χ3n) is 4.93. The number of hydrogen-bond donors (Lipinski definition) is 0. The molecule has 24 heavy (non-hydrogen) atoms. The molecule has 0 saturated heterocycles. The van der Waals surface area contributed by atoms with Crippen LogP contribution in [-0.2, 0) is 18.3 Å². The molecule has 4 rings (SSSR count). The number of rotatable bonds is 5. The molecule has 1 aromatic heterocycles. The van der Waals surface area contributed by atoms with E-state index < -0.39 is 0 Å². The van der Waals surface area contributed by atoms with Crippen molar-refractivity contribution in [3.8, 4) is 0 Å². The predicted octanol–water partition coefficient (Wildman–Crippen LogP) is 2.59. The first-order valence-electron chi connectivity index (χ1n) is 8.65. The molecule has 1 aliphatic carbocycles. The second-order valence-corrected chi connectivity index (χ2v) is 6.91. The first kappa shape index (κ1) is 15.4. The lowest BCUT2D eigenvalue weighted by Crippen LogP contribution is -2.40. The Morgan fingerprint density at radius 2 is 2.04 bits per heavy atom. The molecule has 0 radical (unpaired) electrons. The summed E-state index contributed by atoms with van der Waals surface area (Å²) < 4.78 is 7.87. The highest BCUT2D eigenvalue weighted by Gasteiger charge is 2.32. The van der Waals surface area contributed by atoms with E-state index in [1.807, 2.05) is 53.2 Å². The lowest BCUT2D eigenvalue weighted by molar-refractivity contribution is 0.0621. The van der Waals surface area contributed by atoms with E-state index >= 15 is 0 Å². The van der Waals surface area contributed by atoms with Gasteiger partial charge < -0.3 is 9.64 Å². The Bertz CT molecular complexity index is 721. The minimum atomic E-state index is 0.0808. The van der Waals surface area contributed by atoms with Crippen molar-refractivity contribution in [3.63, 3.8) is 0 Å². The lowest BCUT2D eigenvalue weighted by Gasteiger charge is -2.33. The molecular formula is C19H23N3O2. The highest BCUT2D eigenvalue weighted by molar-refractivity contribution is 5.94. The summed E-state index contributed by atoms with van der Waals surface area (Å²) >= 11 is 0. The topological polar surface area (TPSA) is 47.4 Å². The zero-order valence-corrected chi connectivity index (χ0v) is 14.0. The molecule has 0 N–H and O–H groups in total. The fraction of sp³-hybridized carbons (Fsp3) is 0.474. The van der Waals surface area contributed by atoms with Gasteiger partial charge in [-0.25, -0.2) is 0 Å². The molecule has 2 aliphatic rings. The van der Waals surface area contributed by atoms with Gasteiger partial charge in [-0.15, -0.1) is 0 Å². The summed E-state index contributed by atoms with van der Waals surface area (Å²) in [5.41, 5.74) is 3.08. The largest absolute Gasteiger partial charge is 0.380 e. The molecule has 126 valence electrons. The molecule has 1 saturated carbocycles. The van der Waals surface area contributed by atoms with Gasteiger partial charge in [0.15, 0.2) is 0 Å².